The van der Waals surface area contributed by atoms with Crippen LogP contribution in [0.2, 0.25) is 0 Å². The second-order valence-corrected chi connectivity index (χ2v) is 4.00. The number of nitro groups is 1. The Kier molecular flexibility index (Phi) is 3.35. The molecule has 1 aliphatic heterocycles. The maximum absolute atomic E-state index is 13.6. The van der Waals surface area contributed by atoms with E-state index in [0.717, 1.165) is 0 Å². The Morgan fingerprint density at radius 2 is 2.18 bits per heavy atom. The summed E-state index contributed by atoms with van der Waals surface area (Å²) < 4.78 is 18.4. The predicted molar refractivity (Wildman–Crippen MR) is 56.5 cm³/mol. The maximum atomic E-state index is 13.6. The van der Waals surface area contributed by atoms with Crippen LogP contribution in [0.25, 0.3) is 0 Å². The molecule has 1 aromatic rings. The van der Waals surface area contributed by atoms with Crippen molar-refractivity contribution in [2.24, 2.45) is 0 Å². The fourth-order valence-corrected chi connectivity index (χ4v) is 2.09. The molecule has 5 nitrogen and oxygen atoms in total. The molecule has 1 fully saturated rings. The molecule has 3 atom stereocenters. The van der Waals surface area contributed by atoms with E-state index in [1.54, 1.807) is 6.07 Å². The first-order valence-electron chi connectivity index (χ1n) is 5.27. The van der Waals surface area contributed by atoms with Crippen molar-refractivity contribution in [1.29, 1.82) is 0 Å². The molecule has 0 aromatic heterocycles. The second-order valence-electron chi connectivity index (χ2n) is 4.00. The Balaban J connectivity index is 2.32. The molecule has 0 aliphatic carbocycles. The summed E-state index contributed by atoms with van der Waals surface area (Å²) in [6.45, 7) is -0.201. The Morgan fingerprint density at radius 3 is 2.82 bits per heavy atom. The maximum Gasteiger partial charge on any atom is 0.243 e. The lowest BCUT2D eigenvalue weighted by Gasteiger charge is -2.29. The molecule has 0 bridgehead atoms. The quantitative estimate of drug-likeness (QED) is 0.625. The van der Waals surface area contributed by atoms with Gasteiger partial charge in [0, 0.05) is 11.3 Å². The van der Waals surface area contributed by atoms with Gasteiger partial charge < -0.3 is 9.84 Å². The minimum atomic E-state index is -1.07. The van der Waals surface area contributed by atoms with Crippen molar-refractivity contribution in [3.8, 4) is 0 Å². The highest BCUT2D eigenvalue weighted by atomic mass is 19.1. The number of aliphatic hydroxyl groups excluding tert-OH is 1. The number of ether oxygens (including phenoxy) is 1. The van der Waals surface area contributed by atoms with Crippen LogP contribution < -0.4 is 0 Å². The van der Waals surface area contributed by atoms with E-state index >= 15 is 0 Å². The van der Waals surface area contributed by atoms with Crippen molar-refractivity contribution in [3.05, 3.63) is 45.8 Å². The Morgan fingerprint density at radius 1 is 1.47 bits per heavy atom. The minimum absolute atomic E-state index is 0.0343. The number of nitrogens with zero attached hydrogens (tertiary/aromatic N) is 1. The summed E-state index contributed by atoms with van der Waals surface area (Å²) in [5, 5.41) is 20.2. The van der Waals surface area contributed by atoms with E-state index in [9.17, 15) is 19.6 Å². The first kappa shape index (κ1) is 11.9. The van der Waals surface area contributed by atoms with Crippen LogP contribution in [0.3, 0.4) is 0 Å². The van der Waals surface area contributed by atoms with Crippen LogP contribution in [0.4, 0.5) is 4.39 Å². The third kappa shape index (κ3) is 2.42. The normalized spacial score (nSPS) is 28.9. The predicted octanol–water partition coefficient (Wildman–Crippen LogP) is 1.29. The largest absolute Gasteiger partial charge is 0.368 e. The summed E-state index contributed by atoms with van der Waals surface area (Å²) in [6.07, 6.45) is -1.04. The van der Waals surface area contributed by atoms with Gasteiger partial charge >= 0.3 is 0 Å². The number of rotatable bonds is 2. The van der Waals surface area contributed by atoms with Gasteiger partial charge in [0.25, 0.3) is 0 Å². The van der Waals surface area contributed by atoms with Crippen molar-refractivity contribution >= 4 is 0 Å². The number of hydrogen-bond acceptors (Lipinski definition) is 4. The molecule has 6 heteroatoms. The zero-order valence-electron chi connectivity index (χ0n) is 8.95. The van der Waals surface area contributed by atoms with Gasteiger partial charge in [-0.05, 0) is 11.6 Å². The van der Waals surface area contributed by atoms with Crippen LogP contribution in [0.1, 0.15) is 17.9 Å². The summed E-state index contributed by atoms with van der Waals surface area (Å²) in [4.78, 5) is 10.4. The van der Waals surface area contributed by atoms with Gasteiger partial charge in [-0.1, -0.05) is 18.2 Å². The van der Waals surface area contributed by atoms with Gasteiger partial charge in [0.1, 0.15) is 12.4 Å². The summed E-state index contributed by atoms with van der Waals surface area (Å²) in [5.41, 5.74) is 0.261. The smallest absolute Gasteiger partial charge is 0.243 e. The molecule has 17 heavy (non-hydrogen) atoms. The third-order valence-electron chi connectivity index (χ3n) is 2.95. The van der Waals surface area contributed by atoms with Crippen molar-refractivity contribution in [1.82, 2.24) is 0 Å². The fraction of sp³-hybridized carbons (Fsp3) is 0.455. The summed E-state index contributed by atoms with van der Waals surface area (Å²) in [6, 6.07) is 4.89. The highest BCUT2D eigenvalue weighted by molar-refractivity contribution is 5.23. The highest BCUT2D eigenvalue weighted by Crippen LogP contribution is 2.32. The van der Waals surface area contributed by atoms with Gasteiger partial charge in [0.05, 0.1) is 5.92 Å². The second kappa shape index (κ2) is 4.77. The number of aliphatic hydroxyl groups is 1. The lowest BCUT2D eigenvalue weighted by atomic mass is 9.87. The van der Waals surface area contributed by atoms with E-state index < -0.39 is 29.0 Å². The molecule has 1 N–H and O–H groups in total. The number of halogens is 1. The Bertz CT molecular complexity index is 426. The zero-order chi connectivity index (χ0) is 12.4. The van der Waals surface area contributed by atoms with Crippen molar-refractivity contribution in [3.63, 3.8) is 0 Å². The first-order chi connectivity index (χ1) is 8.09. The standard InChI is InChI=1S/C11H12FNO4/c12-9-4-2-1-3-7(9)8-5-11(14)17-6-10(8)13(15)16/h1-4,8,10-11,14H,5-6H2/t8-,10+,11?/m1/s1. The van der Waals surface area contributed by atoms with Gasteiger partial charge in [-0.2, -0.15) is 0 Å². The Labute approximate surface area is 97.0 Å². The molecule has 0 amide bonds. The zero-order valence-corrected chi connectivity index (χ0v) is 8.95. The lowest BCUT2D eigenvalue weighted by molar-refractivity contribution is -0.538. The van der Waals surface area contributed by atoms with Gasteiger partial charge in [-0.25, -0.2) is 4.39 Å². The van der Waals surface area contributed by atoms with Crippen LogP contribution in [0.15, 0.2) is 24.3 Å². The molecule has 1 heterocycles. The van der Waals surface area contributed by atoms with E-state index in [2.05, 4.69) is 0 Å². The van der Waals surface area contributed by atoms with Crippen LogP contribution in [-0.2, 0) is 4.74 Å². The summed E-state index contributed by atoms with van der Waals surface area (Å²) >= 11 is 0. The molecule has 0 saturated carbocycles. The molecular weight excluding hydrogens is 229 g/mol. The van der Waals surface area contributed by atoms with Crippen LogP contribution in [-0.4, -0.2) is 29.0 Å². The van der Waals surface area contributed by atoms with Crippen molar-refractivity contribution < 1.29 is 19.2 Å². The van der Waals surface area contributed by atoms with Crippen LogP contribution in [0, 0.1) is 15.9 Å². The highest BCUT2D eigenvalue weighted by Gasteiger charge is 2.40. The molecule has 1 aliphatic rings. The average Bonchev–Trinajstić information content (AvgIpc) is 2.29. The van der Waals surface area contributed by atoms with Gasteiger partial charge in [-0.3, -0.25) is 10.1 Å². The molecule has 1 aromatic carbocycles. The SMILES string of the molecule is O=[N+]([O-])[C@H]1COC(O)C[C@@H]1c1ccccc1F. The molecule has 1 unspecified atom stereocenters. The van der Waals surface area contributed by atoms with E-state index in [4.69, 9.17) is 4.74 Å². The third-order valence-corrected chi connectivity index (χ3v) is 2.95. The molecule has 0 spiro atoms. The molecule has 1 saturated heterocycles. The molecular formula is C11H12FNO4. The monoisotopic (exact) mass is 241 g/mol. The molecule has 2 rings (SSSR count). The fourth-order valence-electron chi connectivity index (χ4n) is 2.09. The van der Waals surface area contributed by atoms with Gasteiger partial charge in [-0.15, -0.1) is 0 Å². The van der Waals surface area contributed by atoms with Gasteiger partial charge in [0.2, 0.25) is 6.04 Å². The van der Waals surface area contributed by atoms with E-state index in [1.165, 1.54) is 18.2 Å². The Hall–Kier alpha value is -1.53. The van der Waals surface area contributed by atoms with Crippen LogP contribution in [0.5, 0.6) is 0 Å². The number of benzene rings is 1. The molecule has 0 radical (unpaired) electrons. The van der Waals surface area contributed by atoms with E-state index in [0.29, 0.717) is 0 Å². The first-order valence-corrected chi connectivity index (χ1v) is 5.27. The number of hydrogen-bond donors (Lipinski definition) is 1. The van der Waals surface area contributed by atoms with Crippen LogP contribution >= 0.6 is 0 Å². The van der Waals surface area contributed by atoms with E-state index in [-0.39, 0.29) is 18.6 Å². The van der Waals surface area contributed by atoms with Crippen molar-refractivity contribution in [2.75, 3.05) is 6.61 Å². The average molecular weight is 241 g/mol. The lowest BCUT2D eigenvalue weighted by Crippen LogP contribution is -2.41. The summed E-state index contributed by atoms with van der Waals surface area (Å²) in [7, 11) is 0. The van der Waals surface area contributed by atoms with E-state index in [1.807, 2.05) is 0 Å². The van der Waals surface area contributed by atoms with Gasteiger partial charge in [0.15, 0.2) is 6.29 Å². The summed E-state index contributed by atoms with van der Waals surface area (Å²) in [5.74, 6) is -1.15. The minimum Gasteiger partial charge on any atom is -0.368 e. The molecule has 92 valence electrons. The topological polar surface area (TPSA) is 72.6 Å². The van der Waals surface area contributed by atoms with Crippen molar-refractivity contribution in [2.45, 2.75) is 24.7 Å².